The molecule has 0 aliphatic carbocycles. The van der Waals surface area contributed by atoms with Gasteiger partial charge in [0.25, 0.3) is 5.95 Å². The Morgan fingerprint density at radius 3 is 2.38 bits per heavy atom. The fourth-order valence-corrected chi connectivity index (χ4v) is 1.72. The van der Waals surface area contributed by atoms with Gasteiger partial charge in [0.1, 0.15) is 0 Å². The van der Waals surface area contributed by atoms with Crippen LogP contribution in [0.25, 0.3) is 5.95 Å². The molecule has 0 amide bonds. The first-order chi connectivity index (χ1) is 10.2. The van der Waals surface area contributed by atoms with E-state index in [1.807, 2.05) is 12.3 Å². The molecule has 7 heteroatoms. The van der Waals surface area contributed by atoms with Gasteiger partial charge in [-0.05, 0) is 24.8 Å². The van der Waals surface area contributed by atoms with E-state index in [0.717, 1.165) is 25.9 Å². The normalized spacial score (nSPS) is 10.9. The van der Waals surface area contributed by atoms with Crippen molar-refractivity contribution in [3.05, 3.63) is 18.5 Å². The average molecular weight is 289 g/mol. The summed E-state index contributed by atoms with van der Waals surface area (Å²) in [4.78, 5) is 13.2. The van der Waals surface area contributed by atoms with E-state index in [-0.39, 0.29) is 0 Å². The van der Waals surface area contributed by atoms with Crippen molar-refractivity contribution in [2.24, 2.45) is 5.92 Å². The molecule has 0 atom stereocenters. The summed E-state index contributed by atoms with van der Waals surface area (Å²) in [5.74, 6) is 2.31. The molecular formula is C14H23N7. The molecule has 2 rings (SSSR count). The van der Waals surface area contributed by atoms with Crippen molar-refractivity contribution >= 4 is 11.9 Å². The van der Waals surface area contributed by atoms with Gasteiger partial charge in [0, 0.05) is 25.5 Å². The molecule has 0 aliphatic heterocycles. The highest BCUT2D eigenvalue weighted by Crippen LogP contribution is 2.09. The lowest BCUT2D eigenvalue weighted by atomic mass is 10.1. The molecule has 0 saturated carbocycles. The van der Waals surface area contributed by atoms with Gasteiger partial charge in [0.15, 0.2) is 0 Å². The van der Waals surface area contributed by atoms with E-state index in [1.54, 1.807) is 10.9 Å². The number of rotatable bonds is 8. The van der Waals surface area contributed by atoms with Crippen molar-refractivity contribution in [1.82, 2.24) is 24.7 Å². The quantitative estimate of drug-likeness (QED) is 0.776. The molecule has 0 radical (unpaired) electrons. The highest BCUT2D eigenvalue weighted by molar-refractivity contribution is 5.37. The van der Waals surface area contributed by atoms with Gasteiger partial charge in [-0.25, -0.2) is 4.68 Å². The molecule has 21 heavy (non-hydrogen) atoms. The Kier molecular flexibility index (Phi) is 5.48. The molecule has 2 N–H and O–H groups in total. The zero-order chi connectivity index (χ0) is 15.1. The maximum absolute atomic E-state index is 4.41. The second kappa shape index (κ2) is 7.56. The number of hydrogen-bond donors (Lipinski definition) is 2. The highest BCUT2D eigenvalue weighted by Gasteiger charge is 2.08. The van der Waals surface area contributed by atoms with Gasteiger partial charge < -0.3 is 10.6 Å². The summed E-state index contributed by atoms with van der Waals surface area (Å²) < 4.78 is 1.63. The van der Waals surface area contributed by atoms with Crippen LogP contribution in [0.15, 0.2) is 18.5 Å². The van der Waals surface area contributed by atoms with Crippen molar-refractivity contribution in [3.8, 4) is 5.95 Å². The Hall–Kier alpha value is -2.18. The molecule has 7 nitrogen and oxygen atoms in total. The van der Waals surface area contributed by atoms with E-state index in [2.05, 4.69) is 51.5 Å². The lowest BCUT2D eigenvalue weighted by molar-refractivity contribution is 0.605. The number of aromatic nitrogens is 5. The van der Waals surface area contributed by atoms with Crippen LogP contribution in [0.4, 0.5) is 11.9 Å². The van der Waals surface area contributed by atoms with Gasteiger partial charge in [-0.2, -0.15) is 20.1 Å². The predicted octanol–water partition coefficient (Wildman–Crippen LogP) is 2.34. The third kappa shape index (κ3) is 4.70. The Bertz CT molecular complexity index is 536. The topological polar surface area (TPSA) is 80.5 Å². The van der Waals surface area contributed by atoms with Gasteiger partial charge >= 0.3 is 0 Å². The summed E-state index contributed by atoms with van der Waals surface area (Å²) in [6, 6.07) is 1.84. The maximum atomic E-state index is 4.41. The standard InChI is InChI=1S/C14H23N7/c1-4-7-15-12-18-13(16-9-6-11(2)3)20-14(19-12)21-10-5-8-17-21/h5,8,10-11H,4,6-7,9H2,1-3H3,(H2,15,16,18,19,20). The van der Waals surface area contributed by atoms with Gasteiger partial charge in [0.05, 0.1) is 0 Å². The van der Waals surface area contributed by atoms with Gasteiger partial charge in [-0.1, -0.05) is 20.8 Å². The van der Waals surface area contributed by atoms with E-state index in [0.29, 0.717) is 23.8 Å². The summed E-state index contributed by atoms with van der Waals surface area (Å²) >= 11 is 0. The Morgan fingerprint density at radius 1 is 1.10 bits per heavy atom. The molecule has 0 aromatic carbocycles. The van der Waals surface area contributed by atoms with Gasteiger partial charge in [-0.3, -0.25) is 0 Å². The first kappa shape index (κ1) is 15.2. The Labute approximate surface area is 125 Å². The molecule has 2 aromatic heterocycles. The Morgan fingerprint density at radius 2 is 1.81 bits per heavy atom. The predicted molar refractivity (Wildman–Crippen MR) is 83.7 cm³/mol. The molecule has 2 heterocycles. The van der Waals surface area contributed by atoms with Crippen molar-refractivity contribution in [2.75, 3.05) is 23.7 Å². The second-order valence-corrected chi connectivity index (χ2v) is 5.27. The van der Waals surface area contributed by atoms with Crippen LogP contribution in [-0.4, -0.2) is 37.8 Å². The zero-order valence-corrected chi connectivity index (χ0v) is 12.9. The first-order valence-electron chi connectivity index (χ1n) is 7.43. The summed E-state index contributed by atoms with van der Waals surface area (Å²) in [5, 5.41) is 10.6. The first-order valence-corrected chi connectivity index (χ1v) is 7.43. The monoisotopic (exact) mass is 289 g/mol. The fraction of sp³-hybridized carbons (Fsp3) is 0.571. The average Bonchev–Trinajstić information content (AvgIpc) is 2.99. The third-order valence-electron chi connectivity index (χ3n) is 2.87. The van der Waals surface area contributed by atoms with Crippen LogP contribution in [0.2, 0.25) is 0 Å². The molecule has 0 bridgehead atoms. The van der Waals surface area contributed by atoms with E-state index < -0.39 is 0 Å². The lowest BCUT2D eigenvalue weighted by Gasteiger charge is -2.10. The van der Waals surface area contributed by atoms with E-state index >= 15 is 0 Å². The van der Waals surface area contributed by atoms with Crippen LogP contribution < -0.4 is 10.6 Å². The van der Waals surface area contributed by atoms with Crippen molar-refractivity contribution in [3.63, 3.8) is 0 Å². The second-order valence-electron chi connectivity index (χ2n) is 5.27. The number of hydrogen-bond acceptors (Lipinski definition) is 6. The molecule has 0 fully saturated rings. The van der Waals surface area contributed by atoms with Crippen LogP contribution in [0, 0.1) is 5.92 Å². The Balaban J connectivity index is 2.16. The summed E-state index contributed by atoms with van der Waals surface area (Å²) in [7, 11) is 0. The van der Waals surface area contributed by atoms with E-state index in [9.17, 15) is 0 Å². The summed E-state index contributed by atoms with van der Waals surface area (Å²) in [6.07, 6.45) is 5.60. The van der Waals surface area contributed by atoms with Crippen molar-refractivity contribution < 1.29 is 0 Å². The van der Waals surface area contributed by atoms with Crippen molar-refractivity contribution in [1.29, 1.82) is 0 Å². The molecule has 114 valence electrons. The summed E-state index contributed by atoms with van der Waals surface area (Å²) in [5.41, 5.74) is 0. The van der Waals surface area contributed by atoms with Crippen LogP contribution in [0.1, 0.15) is 33.6 Å². The van der Waals surface area contributed by atoms with Crippen LogP contribution in [-0.2, 0) is 0 Å². The molecule has 0 saturated heterocycles. The van der Waals surface area contributed by atoms with Crippen LogP contribution >= 0.6 is 0 Å². The fourth-order valence-electron chi connectivity index (χ4n) is 1.72. The zero-order valence-electron chi connectivity index (χ0n) is 12.9. The molecule has 2 aromatic rings. The minimum absolute atomic E-state index is 0.514. The largest absolute Gasteiger partial charge is 0.354 e. The minimum atomic E-state index is 0.514. The SMILES string of the molecule is CCCNc1nc(NCCC(C)C)nc(-n2cccn2)n1. The molecular weight excluding hydrogens is 266 g/mol. The number of anilines is 2. The number of nitrogens with zero attached hydrogens (tertiary/aromatic N) is 5. The lowest BCUT2D eigenvalue weighted by Crippen LogP contribution is -2.14. The number of nitrogens with one attached hydrogen (secondary N) is 2. The minimum Gasteiger partial charge on any atom is -0.354 e. The molecule has 0 unspecified atom stereocenters. The smallest absolute Gasteiger partial charge is 0.257 e. The maximum Gasteiger partial charge on any atom is 0.257 e. The van der Waals surface area contributed by atoms with Crippen molar-refractivity contribution in [2.45, 2.75) is 33.6 Å². The van der Waals surface area contributed by atoms with Crippen LogP contribution in [0.3, 0.4) is 0 Å². The molecule has 0 aliphatic rings. The van der Waals surface area contributed by atoms with Gasteiger partial charge in [-0.15, -0.1) is 0 Å². The van der Waals surface area contributed by atoms with E-state index in [4.69, 9.17) is 0 Å². The van der Waals surface area contributed by atoms with E-state index in [1.165, 1.54) is 0 Å². The third-order valence-corrected chi connectivity index (χ3v) is 2.87. The van der Waals surface area contributed by atoms with Crippen LogP contribution in [0.5, 0.6) is 0 Å². The summed E-state index contributed by atoms with van der Waals surface area (Å²) in [6.45, 7) is 8.16. The van der Waals surface area contributed by atoms with Gasteiger partial charge in [0.2, 0.25) is 11.9 Å². The highest BCUT2D eigenvalue weighted by atomic mass is 15.4. The molecule has 0 spiro atoms.